The number of halogens is 1. The number of nitrogens with zero attached hydrogens (tertiary/aromatic N) is 3. The van der Waals surface area contributed by atoms with Gasteiger partial charge in [-0.2, -0.15) is 5.10 Å². The van der Waals surface area contributed by atoms with Crippen molar-refractivity contribution in [3.63, 3.8) is 0 Å². The number of hydrogen-bond donors (Lipinski definition) is 1. The van der Waals surface area contributed by atoms with E-state index in [9.17, 15) is 14.4 Å². The standard InChI is InChI=1S/C18H19ClN4O3/c19-14-4-2-13(3-5-14)12-17(25)22-8-1-9-23(11-10-22)18(26)15-6-7-16(24)21-20-15/h2-7H,1,8-12H2,(H,21,24). The summed E-state index contributed by atoms with van der Waals surface area (Å²) in [5.41, 5.74) is 0.760. The number of amides is 2. The van der Waals surface area contributed by atoms with Crippen LogP contribution in [0.3, 0.4) is 0 Å². The molecule has 8 heteroatoms. The zero-order valence-electron chi connectivity index (χ0n) is 14.2. The molecule has 2 amide bonds. The lowest BCUT2D eigenvalue weighted by atomic mass is 10.1. The molecule has 1 fully saturated rings. The Morgan fingerprint density at radius 1 is 1.00 bits per heavy atom. The summed E-state index contributed by atoms with van der Waals surface area (Å²) in [6.07, 6.45) is 1.01. The Hall–Kier alpha value is -2.67. The second kappa shape index (κ2) is 8.14. The third kappa shape index (κ3) is 4.49. The molecule has 1 aliphatic heterocycles. The van der Waals surface area contributed by atoms with Crippen LogP contribution in [0.15, 0.2) is 41.2 Å². The normalized spacial score (nSPS) is 14.8. The van der Waals surface area contributed by atoms with Crippen LogP contribution in [0.2, 0.25) is 5.02 Å². The van der Waals surface area contributed by atoms with E-state index in [0.717, 1.165) is 5.56 Å². The highest BCUT2D eigenvalue weighted by molar-refractivity contribution is 6.30. The van der Waals surface area contributed by atoms with E-state index >= 15 is 0 Å². The third-order valence-corrected chi connectivity index (χ3v) is 4.55. The Morgan fingerprint density at radius 2 is 1.69 bits per heavy atom. The maximum Gasteiger partial charge on any atom is 0.274 e. The first-order valence-corrected chi connectivity index (χ1v) is 8.78. The highest BCUT2D eigenvalue weighted by Gasteiger charge is 2.23. The minimum atomic E-state index is -0.351. The lowest BCUT2D eigenvalue weighted by Gasteiger charge is -2.22. The molecule has 2 aromatic rings. The first-order valence-electron chi connectivity index (χ1n) is 8.40. The highest BCUT2D eigenvalue weighted by atomic mass is 35.5. The van der Waals surface area contributed by atoms with Gasteiger partial charge in [0.1, 0.15) is 5.69 Å². The highest BCUT2D eigenvalue weighted by Crippen LogP contribution is 2.12. The van der Waals surface area contributed by atoms with Crippen molar-refractivity contribution in [1.82, 2.24) is 20.0 Å². The van der Waals surface area contributed by atoms with Gasteiger partial charge in [-0.15, -0.1) is 0 Å². The van der Waals surface area contributed by atoms with E-state index < -0.39 is 0 Å². The molecule has 0 spiro atoms. The third-order valence-electron chi connectivity index (χ3n) is 4.30. The molecule has 0 aliphatic carbocycles. The molecule has 0 atom stereocenters. The molecule has 1 aromatic heterocycles. The fourth-order valence-electron chi connectivity index (χ4n) is 2.88. The van der Waals surface area contributed by atoms with Crippen LogP contribution in [0.25, 0.3) is 0 Å². The van der Waals surface area contributed by atoms with Gasteiger partial charge in [-0.3, -0.25) is 14.4 Å². The summed E-state index contributed by atoms with van der Waals surface area (Å²) in [6.45, 7) is 2.06. The number of aromatic nitrogens is 2. The van der Waals surface area contributed by atoms with E-state index in [1.165, 1.54) is 12.1 Å². The van der Waals surface area contributed by atoms with Gasteiger partial charge in [0.25, 0.3) is 11.5 Å². The van der Waals surface area contributed by atoms with Gasteiger partial charge in [0.15, 0.2) is 0 Å². The van der Waals surface area contributed by atoms with Crippen molar-refractivity contribution in [1.29, 1.82) is 0 Å². The lowest BCUT2D eigenvalue weighted by Crippen LogP contribution is -2.38. The largest absolute Gasteiger partial charge is 0.341 e. The summed E-state index contributed by atoms with van der Waals surface area (Å²) in [6, 6.07) is 9.91. The topological polar surface area (TPSA) is 86.4 Å². The summed E-state index contributed by atoms with van der Waals surface area (Å²) in [4.78, 5) is 39.5. The van der Waals surface area contributed by atoms with Crippen molar-refractivity contribution >= 4 is 23.4 Å². The average molecular weight is 375 g/mol. The fraction of sp³-hybridized carbons (Fsp3) is 0.333. The van der Waals surface area contributed by atoms with Crippen LogP contribution in [-0.2, 0) is 11.2 Å². The molecule has 1 aromatic carbocycles. The van der Waals surface area contributed by atoms with Crippen molar-refractivity contribution in [2.45, 2.75) is 12.8 Å². The Labute approximate surface area is 155 Å². The molecule has 7 nitrogen and oxygen atoms in total. The number of carbonyl (C=O) groups excluding carboxylic acids is 2. The van der Waals surface area contributed by atoms with Crippen LogP contribution < -0.4 is 5.56 Å². The number of benzene rings is 1. The second-order valence-electron chi connectivity index (χ2n) is 6.14. The van der Waals surface area contributed by atoms with Crippen molar-refractivity contribution in [2.75, 3.05) is 26.2 Å². The van der Waals surface area contributed by atoms with E-state index in [1.54, 1.807) is 21.9 Å². The Morgan fingerprint density at radius 3 is 2.38 bits per heavy atom. The summed E-state index contributed by atoms with van der Waals surface area (Å²) >= 11 is 5.87. The fourth-order valence-corrected chi connectivity index (χ4v) is 3.01. The maximum atomic E-state index is 12.5. The average Bonchev–Trinajstić information content (AvgIpc) is 2.90. The zero-order chi connectivity index (χ0) is 18.5. The molecule has 1 N–H and O–H groups in total. The molecule has 26 heavy (non-hydrogen) atoms. The number of rotatable bonds is 3. The monoisotopic (exact) mass is 374 g/mol. The number of nitrogens with one attached hydrogen (secondary N) is 1. The van der Waals surface area contributed by atoms with Crippen LogP contribution in [0, 0.1) is 0 Å². The number of H-pyrrole nitrogens is 1. The van der Waals surface area contributed by atoms with Crippen LogP contribution in [0.5, 0.6) is 0 Å². The van der Waals surface area contributed by atoms with Crippen LogP contribution in [-0.4, -0.2) is 58.0 Å². The van der Waals surface area contributed by atoms with Gasteiger partial charge in [-0.05, 0) is 30.2 Å². The van der Waals surface area contributed by atoms with Crippen molar-refractivity contribution in [3.05, 3.63) is 63.0 Å². The van der Waals surface area contributed by atoms with Gasteiger partial charge in [0.2, 0.25) is 5.91 Å². The van der Waals surface area contributed by atoms with Crippen LogP contribution >= 0.6 is 11.6 Å². The summed E-state index contributed by atoms with van der Waals surface area (Å²) in [7, 11) is 0. The second-order valence-corrected chi connectivity index (χ2v) is 6.57. The van der Waals surface area contributed by atoms with Gasteiger partial charge >= 0.3 is 0 Å². The summed E-state index contributed by atoms with van der Waals surface area (Å²) < 4.78 is 0. The minimum absolute atomic E-state index is 0.0313. The predicted molar refractivity (Wildman–Crippen MR) is 97.1 cm³/mol. The molecule has 0 saturated carbocycles. The molecule has 2 heterocycles. The van der Waals surface area contributed by atoms with Crippen molar-refractivity contribution in [2.24, 2.45) is 0 Å². The van der Waals surface area contributed by atoms with Gasteiger partial charge in [-0.1, -0.05) is 23.7 Å². The number of aromatic amines is 1. The molecular weight excluding hydrogens is 356 g/mol. The predicted octanol–water partition coefficient (Wildman–Crippen LogP) is 1.34. The quantitative estimate of drug-likeness (QED) is 0.878. The molecule has 1 aliphatic rings. The van der Waals surface area contributed by atoms with Gasteiger partial charge in [0.05, 0.1) is 6.42 Å². The smallest absolute Gasteiger partial charge is 0.274 e. The lowest BCUT2D eigenvalue weighted by molar-refractivity contribution is -0.130. The van der Waals surface area contributed by atoms with Crippen LogP contribution in [0.4, 0.5) is 0 Å². The summed E-state index contributed by atoms with van der Waals surface area (Å²) in [5.74, 6) is -0.211. The van der Waals surface area contributed by atoms with E-state index in [2.05, 4.69) is 10.2 Å². The Bertz CT molecular complexity index is 830. The van der Waals surface area contributed by atoms with Crippen molar-refractivity contribution in [3.8, 4) is 0 Å². The van der Waals surface area contributed by atoms with Gasteiger partial charge in [-0.25, -0.2) is 5.10 Å². The van der Waals surface area contributed by atoms with Crippen molar-refractivity contribution < 1.29 is 9.59 Å². The van der Waals surface area contributed by atoms with E-state index in [-0.39, 0.29) is 23.1 Å². The minimum Gasteiger partial charge on any atom is -0.341 e. The Balaban J connectivity index is 1.59. The molecule has 0 bridgehead atoms. The molecular formula is C18H19ClN4O3. The molecule has 0 radical (unpaired) electrons. The van der Waals surface area contributed by atoms with Crippen LogP contribution in [0.1, 0.15) is 22.5 Å². The maximum absolute atomic E-state index is 12.5. The molecule has 136 valence electrons. The molecule has 1 saturated heterocycles. The first-order chi connectivity index (χ1) is 12.5. The molecule has 0 unspecified atom stereocenters. The van der Waals surface area contributed by atoms with E-state index in [4.69, 9.17) is 11.6 Å². The zero-order valence-corrected chi connectivity index (χ0v) is 14.9. The Kier molecular flexibility index (Phi) is 5.68. The number of carbonyl (C=O) groups is 2. The number of hydrogen-bond acceptors (Lipinski definition) is 4. The van der Waals surface area contributed by atoms with E-state index in [1.807, 2.05) is 12.1 Å². The summed E-state index contributed by atoms with van der Waals surface area (Å²) in [5, 5.41) is 6.69. The SMILES string of the molecule is O=C(Cc1ccc(Cl)cc1)N1CCCN(C(=O)c2ccc(=O)[nH]n2)CC1. The molecule has 3 rings (SSSR count). The van der Waals surface area contributed by atoms with Gasteiger partial charge in [0, 0.05) is 37.3 Å². The van der Waals surface area contributed by atoms with E-state index in [0.29, 0.717) is 44.0 Å². The van der Waals surface area contributed by atoms with Gasteiger partial charge < -0.3 is 9.80 Å². The first kappa shape index (κ1) is 18.1.